The lowest BCUT2D eigenvalue weighted by atomic mass is 10.0. The Morgan fingerprint density at radius 3 is 2.28 bits per heavy atom. The van der Waals surface area contributed by atoms with E-state index in [-0.39, 0.29) is 36.8 Å². The van der Waals surface area contributed by atoms with Crippen LogP contribution in [0.2, 0.25) is 0 Å². The van der Waals surface area contributed by atoms with Crippen LogP contribution in [0.15, 0.2) is 36.4 Å². The molecule has 0 aromatic heterocycles. The van der Waals surface area contributed by atoms with E-state index in [0.29, 0.717) is 5.92 Å². The summed E-state index contributed by atoms with van der Waals surface area (Å²) in [7, 11) is 0. The van der Waals surface area contributed by atoms with E-state index in [9.17, 15) is 4.79 Å². The zero-order chi connectivity index (χ0) is 16.7. The largest absolute Gasteiger partial charge is 0.339 e. The molecule has 0 aliphatic carbocycles. The zero-order valence-electron chi connectivity index (χ0n) is 15.1. The molecule has 0 saturated carbocycles. The number of benzene rings is 1. The molecule has 1 heterocycles. The van der Waals surface area contributed by atoms with Crippen molar-refractivity contribution in [3.8, 4) is 0 Å². The Hall–Kier alpha value is -1.07. The maximum Gasteiger partial charge on any atom is 0.239 e. The van der Waals surface area contributed by atoms with Crippen molar-refractivity contribution < 1.29 is 4.79 Å². The van der Waals surface area contributed by atoms with Gasteiger partial charge in [-0.1, -0.05) is 56.3 Å². The number of hydrogen-bond donors (Lipinski definition) is 1. The lowest BCUT2D eigenvalue weighted by Crippen LogP contribution is -2.53. The van der Waals surface area contributed by atoms with Gasteiger partial charge in [0.1, 0.15) is 0 Å². The van der Waals surface area contributed by atoms with Crippen molar-refractivity contribution in [3.05, 3.63) is 42.0 Å². The number of amides is 1. The van der Waals surface area contributed by atoms with E-state index in [0.717, 1.165) is 39.1 Å². The molecule has 1 aromatic carbocycles. The molecule has 0 unspecified atom stereocenters. The van der Waals surface area contributed by atoms with Gasteiger partial charge in [-0.15, -0.1) is 24.8 Å². The fourth-order valence-corrected chi connectivity index (χ4v) is 2.90. The molecule has 25 heavy (non-hydrogen) atoms. The van der Waals surface area contributed by atoms with Gasteiger partial charge in [-0.25, -0.2) is 0 Å². The highest BCUT2D eigenvalue weighted by atomic mass is 35.5. The van der Waals surface area contributed by atoms with Crippen LogP contribution in [0, 0.1) is 5.92 Å². The fraction of sp³-hybridized carbons (Fsp3) is 0.526. The second-order valence-electron chi connectivity index (χ2n) is 6.67. The van der Waals surface area contributed by atoms with Gasteiger partial charge in [0, 0.05) is 32.7 Å². The number of carbonyl (C=O) groups excluding carboxylic acids is 1. The molecule has 6 heteroatoms. The van der Waals surface area contributed by atoms with Gasteiger partial charge < -0.3 is 10.6 Å². The van der Waals surface area contributed by atoms with Gasteiger partial charge in [0.05, 0.1) is 6.04 Å². The molecule has 1 fully saturated rings. The number of piperazine rings is 1. The summed E-state index contributed by atoms with van der Waals surface area (Å²) in [5.41, 5.74) is 7.24. The second kappa shape index (κ2) is 12.3. The molecular weight excluding hydrogens is 357 g/mol. The van der Waals surface area contributed by atoms with Gasteiger partial charge in [0.2, 0.25) is 5.91 Å². The summed E-state index contributed by atoms with van der Waals surface area (Å²) < 4.78 is 0. The standard InChI is InChI=1S/C19H29N3O.2ClH/c1-16(2)15-18(20)19(23)22-13-11-21(12-14-22)10-6-9-17-7-4-3-5-8-17;;/h3-9,16,18H,10-15,20H2,1-2H3;2*1H/t18-;;/m0../s1. The van der Waals surface area contributed by atoms with Crippen molar-refractivity contribution in [1.29, 1.82) is 0 Å². The van der Waals surface area contributed by atoms with Crippen LogP contribution in [0.3, 0.4) is 0 Å². The Labute approximate surface area is 164 Å². The summed E-state index contributed by atoms with van der Waals surface area (Å²) >= 11 is 0. The Morgan fingerprint density at radius 1 is 1.12 bits per heavy atom. The molecule has 1 aliphatic rings. The SMILES string of the molecule is CC(C)C[C@H](N)C(=O)N1CCN(CC=Cc2ccccc2)CC1.Cl.Cl. The fourth-order valence-electron chi connectivity index (χ4n) is 2.90. The molecule has 0 radical (unpaired) electrons. The van der Waals surface area contributed by atoms with Gasteiger partial charge in [0.25, 0.3) is 0 Å². The van der Waals surface area contributed by atoms with Gasteiger partial charge in [-0.05, 0) is 17.9 Å². The zero-order valence-corrected chi connectivity index (χ0v) is 16.8. The predicted octanol–water partition coefficient (Wildman–Crippen LogP) is 3.06. The molecule has 0 spiro atoms. The van der Waals surface area contributed by atoms with E-state index in [1.807, 2.05) is 23.1 Å². The Bertz CT molecular complexity index is 515. The molecule has 0 bridgehead atoms. The van der Waals surface area contributed by atoms with Crippen LogP contribution in [0.1, 0.15) is 25.8 Å². The molecule has 4 nitrogen and oxygen atoms in total. The number of carbonyl (C=O) groups is 1. The van der Waals surface area contributed by atoms with Crippen molar-refractivity contribution in [3.63, 3.8) is 0 Å². The molecule has 1 saturated heterocycles. The van der Waals surface area contributed by atoms with Crippen molar-refractivity contribution >= 4 is 36.8 Å². The van der Waals surface area contributed by atoms with Crippen molar-refractivity contribution in [2.75, 3.05) is 32.7 Å². The molecular formula is C19H31Cl2N3O. The van der Waals surface area contributed by atoms with E-state index in [1.54, 1.807) is 0 Å². The highest BCUT2D eigenvalue weighted by Gasteiger charge is 2.25. The summed E-state index contributed by atoms with van der Waals surface area (Å²) in [6.07, 6.45) is 5.10. The second-order valence-corrected chi connectivity index (χ2v) is 6.67. The number of nitrogens with zero attached hydrogens (tertiary/aromatic N) is 2. The summed E-state index contributed by atoms with van der Waals surface area (Å²) in [6, 6.07) is 9.97. The number of halogens is 2. The van der Waals surface area contributed by atoms with Crippen molar-refractivity contribution in [1.82, 2.24) is 9.80 Å². The Morgan fingerprint density at radius 2 is 1.72 bits per heavy atom. The third kappa shape index (κ3) is 8.23. The van der Waals surface area contributed by atoms with Crippen LogP contribution in [0.25, 0.3) is 6.08 Å². The van der Waals surface area contributed by atoms with Gasteiger partial charge in [0.15, 0.2) is 0 Å². The minimum atomic E-state index is -0.348. The number of rotatable bonds is 6. The highest BCUT2D eigenvalue weighted by Crippen LogP contribution is 2.09. The summed E-state index contributed by atoms with van der Waals surface area (Å²) in [5, 5.41) is 0. The summed E-state index contributed by atoms with van der Waals surface area (Å²) in [6.45, 7) is 8.52. The average molecular weight is 388 g/mol. The highest BCUT2D eigenvalue weighted by molar-refractivity contribution is 5.85. The maximum absolute atomic E-state index is 12.3. The first kappa shape index (κ1) is 23.9. The molecule has 1 atom stereocenters. The molecule has 142 valence electrons. The van der Waals surface area contributed by atoms with Crippen LogP contribution >= 0.6 is 24.8 Å². The summed E-state index contributed by atoms with van der Waals surface area (Å²) in [5.74, 6) is 0.566. The van der Waals surface area contributed by atoms with Gasteiger partial charge >= 0.3 is 0 Å². The molecule has 1 aliphatic heterocycles. The predicted molar refractivity (Wildman–Crippen MR) is 110 cm³/mol. The van der Waals surface area contributed by atoms with Gasteiger partial charge in [-0.3, -0.25) is 9.69 Å². The average Bonchev–Trinajstić information content (AvgIpc) is 2.55. The van der Waals surface area contributed by atoms with E-state index in [1.165, 1.54) is 5.56 Å². The lowest BCUT2D eigenvalue weighted by Gasteiger charge is -2.35. The third-order valence-corrected chi connectivity index (χ3v) is 4.20. The monoisotopic (exact) mass is 387 g/mol. The smallest absolute Gasteiger partial charge is 0.239 e. The Balaban J connectivity index is 0.00000288. The summed E-state index contributed by atoms with van der Waals surface area (Å²) in [4.78, 5) is 16.6. The minimum absolute atomic E-state index is 0. The van der Waals surface area contributed by atoms with E-state index < -0.39 is 0 Å². The van der Waals surface area contributed by atoms with Crippen LogP contribution in [0.5, 0.6) is 0 Å². The molecule has 1 aromatic rings. The number of hydrogen-bond acceptors (Lipinski definition) is 3. The first-order chi connectivity index (χ1) is 11.1. The van der Waals surface area contributed by atoms with E-state index in [4.69, 9.17) is 5.73 Å². The molecule has 2 N–H and O–H groups in total. The third-order valence-electron chi connectivity index (χ3n) is 4.20. The van der Waals surface area contributed by atoms with Crippen molar-refractivity contribution in [2.45, 2.75) is 26.3 Å². The molecule has 2 rings (SSSR count). The number of nitrogens with two attached hydrogens (primary N) is 1. The molecule has 1 amide bonds. The topological polar surface area (TPSA) is 49.6 Å². The first-order valence-electron chi connectivity index (χ1n) is 8.54. The quantitative estimate of drug-likeness (QED) is 0.815. The van der Waals surface area contributed by atoms with Crippen LogP contribution in [-0.2, 0) is 4.79 Å². The normalized spacial score (nSPS) is 16.4. The van der Waals surface area contributed by atoms with Gasteiger partial charge in [-0.2, -0.15) is 0 Å². The van der Waals surface area contributed by atoms with Crippen LogP contribution in [-0.4, -0.2) is 54.5 Å². The lowest BCUT2D eigenvalue weighted by molar-refractivity contribution is -0.134. The van der Waals surface area contributed by atoms with Crippen LogP contribution in [0.4, 0.5) is 0 Å². The maximum atomic E-state index is 12.3. The van der Waals surface area contributed by atoms with E-state index in [2.05, 4.69) is 43.0 Å². The van der Waals surface area contributed by atoms with Crippen molar-refractivity contribution in [2.24, 2.45) is 11.7 Å². The first-order valence-corrected chi connectivity index (χ1v) is 8.54. The van der Waals surface area contributed by atoms with Crippen LogP contribution < -0.4 is 5.73 Å². The van der Waals surface area contributed by atoms with E-state index >= 15 is 0 Å². The minimum Gasteiger partial charge on any atom is -0.339 e. The Kier molecular flexibility index (Phi) is 11.8.